The van der Waals surface area contributed by atoms with Gasteiger partial charge < -0.3 is 15.2 Å². The highest BCUT2D eigenvalue weighted by Crippen LogP contribution is 2.26. The van der Waals surface area contributed by atoms with Crippen molar-refractivity contribution in [2.24, 2.45) is 0 Å². The van der Waals surface area contributed by atoms with Gasteiger partial charge in [-0.15, -0.1) is 10.2 Å². The summed E-state index contributed by atoms with van der Waals surface area (Å²) in [5.74, 6) is 0.317. The van der Waals surface area contributed by atoms with E-state index in [-0.39, 0.29) is 12.5 Å². The van der Waals surface area contributed by atoms with Crippen LogP contribution in [0.4, 0.5) is 0 Å². The number of hydrogen-bond donors (Lipinski definition) is 2. The highest BCUT2D eigenvalue weighted by molar-refractivity contribution is 5.96. The summed E-state index contributed by atoms with van der Waals surface area (Å²) in [5, 5.41) is 19.9. The minimum absolute atomic E-state index is 0.105. The molecule has 2 N–H and O–H groups in total. The average Bonchev–Trinajstić information content (AvgIpc) is 3.14. The molecule has 1 amide bonds. The van der Waals surface area contributed by atoms with Gasteiger partial charge in [-0.25, -0.2) is 4.79 Å². The Morgan fingerprint density at radius 2 is 2.17 bits per heavy atom. The predicted octanol–water partition coefficient (Wildman–Crippen LogP) is 0.789. The molecule has 1 aromatic carbocycles. The number of carbonyl (C=O) groups is 2. The number of fused-ring (bicyclic) bond motifs is 1. The first-order valence-electron chi connectivity index (χ1n) is 7.18. The lowest BCUT2D eigenvalue weighted by molar-refractivity contribution is -0.140. The van der Waals surface area contributed by atoms with E-state index in [1.807, 2.05) is 0 Å². The Bertz CT molecular complexity index is 756. The fourth-order valence-corrected chi connectivity index (χ4v) is 2.73. The number of ether oxygens (including phenoxy) is 1. The average molecular weight is 316 g/mol. The van der Waals surface area contributed by atoms with Gasteiger partial charge in [0.15, 0.2) is 5.82 Å². The molecule has 0 aliphatic carbocycles. The van der Waals surface area contributed by atoms with Gasteiger partial charge in [0.2, 0.25) is 0 Å². The molecule has 1 aliphatic rings. The number of hydrogen-bond acceptors (Lipinski definition) is 5. The number of aliphatic carboxylic acids is 1. The number of carboxylic acids is 1. The van der Waals surface area contributed by atoms with E-state index in [0.717, 1.165) is 0 Å². The molecule has 0 saturated carbocycles. The zero-order valence-corrected chi connectivity index (χ0v) is 12.5. The van der Waals surface area contributed by atoms with E-state index in [4.69, 9.17) is 4.74 Å². The third-order valence-electron chi connectivity index (χ3n) is 3.83. The zero-order chi connectivity index (χ0) is 16.4. The van der Waals surface area contributed by atoms with Gasteiger partial charge in [-0.3, -0.25) is 9.36 Å². The molecule has 1 aromatic heterocycles. The Hall–Kier alpha value is -2.90. The van der Waals surface area contributed by atoms with Gasteiger partial charge in [-0.1, -0.05) is 12.1 Å². The standard InChI is InChI=1S/C15H16N4O4/c1-23-11-5-3-2-4-9(11)14(20)16-8-13-18-17-12-7-6-10(15(21)22)19(12)13/h2-5,10H,6-8H2,1H3,(H,16,20)(H,21,22). The number of amides is 1. The van der Waals surface area contributed by atoms with Gasteiger partial charge in [0.25, 0.3) is 5.91 Å². The van der Waals surface area contributed by atoms with Crippen LogP contribution in [-0.4, -0.2) is 38.9 Å². The second-order valence-corrected chi connectivity index (χ2v) is 5.18. The van der Waals surface area contributed by atoms with Crippen molar-refractivity contribution in [3.63, 3.8) is 0 Å². The van der Waals surface area contributed by atoms with Crippen LogP contribution in [0.1, 0.15) is 34.5 Å². The minimum Gasteiger partial charge on any atom is -0.496 e. The van der Waals surface area contributed by atoms with Crippen molar-refractivity contribution in [3.8, 4) is 5.75 Å². The Labute approximate surface area is 132 Å². The predicted molar refractivity (Wildman–Crippen MR) is 79.2 cm³/mol. The third kappa shape index (κ3) is 2.75. The summed E-state index contributed by atoms with van der Waals surface area (Å²) in [6.07, 6.45) is 1.07. The molecule has 1 unspecified atom stereocenters. The van der Waals surface area contributed by atoms with Gasteiger partial charge in [0, 0.05) is 6.42 Å². The highest BCUT2D eigenvalue weighted by atomic mass is 16.5. The molecule has 120 valence electrons. The monoisotopic (exact) mass is 316 g/mol. The van der Waals surface area contributed by atoms with Crippen LogP contribution in [0, 0.1) is 0 Å². The Morgan fingerprint density at radius 3 is 2.91 bits per heavy atom. The Kier molecular flexibility index (Phi) is 3.96. The van der Waals surface area contributed by atoms with Crippen LogP contribution in [0.5, 0.6) is 5.75 Å². The van der Waals surface area contributed by atoms with E-state index in [1.54, 1.807) is 28.8 Å². The summed E-state index contributed by atoms with van der Waals surface area (Å²) < 4.78 is 6.74. The van der Waals surface area contributed by atoms with Crippen LogP contribution < -0.4 is 10.1 Å². The first-order valence-corrected chi connectivity index (χ1v) is 7.18. The van der Waals surface area contributed by atoms with E-state index < -0.39 is 12.0 Å². The van der Waals surface area contributed by atoms with Crippen molar-refractivity contribution in [1.82, 2.24) is 20.1 Å². The molecule has 1 aliphatic heterocycles. The molecule has 8 nitrogen and oxygen atoms in total. The van der Waals surface area contributed by atoms with Crippen molar-refractivity contribution in [1.29, 1.82) is 0 Å². The summed E-state index contributed by atoms with van der Waals surface area (Å²) in [6, 6.07) is 6.20. The topological polar surface area (TPSA) is 106 Å². The number of benzene rings is 1. The van der Waals surface area contributed by atoms with Gasteiger partial charge in [-0.2, -0.15) is 0 Å². The van der Waals surface area contributed by atoms with Crippen LogP contribution in [0.25, 0.3) is 0 Å². The number of carboxylic acid groups (broad SMARTS) is 1. The number of carbonyl (C=O) groups excluding carboxylic acids is 1. The maximum absolute atomic E-state index is 12.3. The lowest BCUT2D eigenvalue weighted by Gasteiger charge is -2.12. The molecule has 0 radical (unpaired) electrons. The molecule has 2 heterocycles. The minimum atomic E-state index is -0.916. The summed E-state index contributed by atoms with van der Waals surface area (Å²) in [7, 11) is 1.50. The van der Waals surface area contributed by atoms with E-state index in [2.05, 4.69) is 15.5 Å². The highest BCUT2D eigenvalue weighted by Gasteiger charge is 2.32. The summed E-state index contributed by atoms with van der Waals surface area (Å²) in [5.41, 5.74) is 0.408. The van der Waals surface area contributed by atoms with Crippen molar-refractivity contribution in [2.45, 2.75) is 25.4 Å². The number of para-hydroxylation sites is 1. The van der Waals surface area contributed by atoms with Crippen molar-refractivity contribution >= 4 is 11.9 Å². The molecule has 8 heteroatoms. The molecular weight excluding hydrogens is 300 g/mol. The Morgan fingerprint density at radius 1 is 1.39 bits per heavy atom. The quantitative estimate of drug-likeness (QED) is 0.844. The van der Waals surface area contributed by atoms with Crippen LogP contribution in [-0.2, 0) is 17.8 Å². The van der Waals surface area contributed by atoms with E-state index in [1.165, 1.54) is 7.11 Å². The summed E-state index contributed by atoms with van der Waals surface area (Å²) >= 11 is 0. The number of aromatic nitrogens is 3. The van der Waals surface area contributed by atoms with Gasteiger partial charge in [0.05, 0.1) is 19.2 Å². The second-order valence-electron chi connectivity index (χ2n) is 5.18. The molecule has 0 fully saturated rings. The molecule has 0 spiro atoms. The Balaban J connectivity index is 1.75. The summed E-state index contributed by atoms with van der Waals surface area (Å²) in [4.78, 5) is 23.5. The molecule has 2 aromatic rings. The molecule has 1 atom stereocenters. The van der Waals surface area contributed by atoms with E-state index in [0.29, 0.717) is 35.8 Å². The normalized spacial score (nSPS) is 16.0. The third-order valence-corrected chi connectivity index (χ3v) is 3.83. The molecule has 23 heavy (non-hydrogen) atoms. The van der Waals surface area contributed by atoms with Crippen LogP contribution >= 0.6 is 0 Å². The maximum Gasteiger partial charge on any atom is 0.326 e. The molecule has 0 bridgehead atoms. The van der Waals surface area contributed by atoms with E-state index >= 15 is 0 Å². The van der Waals surface area contributed by atoms with Gasteiger partial charge in [0.1, 0.15) is 17.6 Å². The number of aryl methyl sites for hydroxylation is 1. The smallest absolute Gasteiger partial charge is 0.326 e. The second kappa shape index (κ2) is 6.07. The first-order chi connectivity index (χ1) is 11.1. The maximum atomic E-state index is 12.3. The first kappa shape index (κ1) is 15.0. The fourth-order valence-electron chi connectivity index (χ4n) is 2.73. The van der Waals surface area contributed by atoms with Crippen LogP contribution in [0.2, 0.25) is 0 Å². The fraction of sp³-hybridized carbons (Fsp3) is 0.333. The van der Waals surface area contributed by atoms with Crippen LogP contribution in [0.3, 0.4) is 0 Å². The number of nitrogens with zero attached hydrogens (tertiary/aromatic N) is 3. The lowest BCUT2D eigenvalue weighted by Crippen LogP contribution is -2.26. The zero-order valence-electron chi connectivity index (χ0n) is 12.5. The van der Waals surface area contributed by atoms with Crippen molar-refractivity contribution in [2.75, 3.05) is 7.11 Å². The van der Waals surface area contributed by atoms with Gasteiger partial charge >= 0.3 is 5.97 Å². The van der Waals surface area contributed by atoms with Crippen LogP contribution in [0.15, 0.2) is 24.3 Å². The summed E-state index contributed by atoms with van der Waals surface area (Å²) in [6.45, 7) is 0.105. The van der Waals surface area contributed by atoms with Crippen molar-refractivity contribution in [3.05, 3.63) is 41.5 Å². The SMILES string of the molecule is COc1ccccc1C(=O)NCc1nnc2n1C(C(=O)O)CC2. The number of nitrogens with one attached hydrogen (secondary N) is 1. The number of rotatable bonds is 5. The van der Waals surface area contributed by atoms with Crippen molar-refractivity contribution < 1.29 is 19.4 Å². The lowest BCUT2D eigenvalue weighted by atomic mass is 10.2. The largest absolute Gasteiger partial charge is 0.496 e. The van der Waals surface area contributed by atoms with Gasteiger partial charge in [-0.05, 0) is 18.6 Å². The molecule has 3 rings (SSSR count). The molecule has 0 saturated heterocycles. The molecular formula is C15H16N4O4. The number of methoxy groups -OCH3 is 1. The van der Waals surface area contributed by atoms with E-state index in [9.17, 15) is 14.7 Å².